The normalized spacial score (nSPS) is 21.7. The number of carbonyl (C=O) groups is 2. The smallest absolute Gasteiger partial charge is 0.256 e. The first-order valence-electron chi connectivity index (χ1n) is 8.80. The second kappa shape index (κ2) is 6.02. The van der Waals surface area contributed by atoms with Crippen molar-refractivity contribution in [2.45, 2.75) is 39.0 Å². The Hall–Kier alpha value is -2.63. The molecular formula is C19H22N4O2. The number of amides is 2. The molecule has 2 aliphatic rings. The molecule has 0 radical (unpaired) electrons. The van der Waals surface area contributed by atoms with Gasteiger partial charge >= 0.3 is 0 Å². The summed E-state index contributed by atoms with van der Waals surface area (Å²) in [6, 6.07) is 7.00. The predicted octanol–water partition coefficient (Wildman–Crippen LogP) is 3.44. The van der Waals surface area contributed by atoms with Crippen molar-refractivity contribution in [2.24, 2.45) is 11.8 Å². The van der Waals surface area contributed by atoms with Crippen LogP contribution >= 0.6 is 0 Å². The fraction of sp³-hybridized carbons (Fsp3) is 0.421. The number of hydrogen-bond donors (Lipinski definition) is 3. The Kier molecular flexibility index (Phi) is 3.82. The van der Waals surface area contributed by atoms with Gasteiger partial charge in [-0.05, 0) is 50.3 Å². The summed E-state index contributed by atoms with van der Waals surface area (Å²) in [6.45, 7) is 4.04. The highest BCUT2D eigenvalue weighted by Gasteiger charge is 2.39. The third-order valence-corrected chi connectivity index (χ3v) is 5.10. The Morgan fingerprint density at radius 3 is 2.68 bits per heavy atom. The van der Waals surface area contributed by atoms with Crippen molar-refractivity contribution in [3.05, 3.63) is 41.1 Å². The van der Waals surface area contributed by atoms with Crippen molar-refractivity contribution in [1.29, 1.82) is 0 Å². The fourth-order valence-electron chi connectivity index (χ4n) is 3.14. The molecule has 2 fully saturated rings. The van der Waals surface area contributed by atoms with Crippen LogP contribution in [-0.4, -0.2) is 22.0 Å². The largest absolute Gasteiger partial charge is 0.326 e. The van der Waals surface area contributed by atoms with E-state index in [0.29, 0.717) is 28.9 Å². The van der Waals surface area contributed by atoms with E-state index >= 15 is 0 Å². The van der Waals surface area contributed by atoms with E-state index in [1.165, 1.54) is 12.8 Å². The highest BCUT2D eigenvalue weighted by molar-refractivity contribution is 6.05. The minimum Gasteiger partial charge on any atom is -0.326 e. The number of H-pyrrole nitrogens is 1. The van der Waals surface area contributed by atoms with Crippen LogP contribution in [0.5, 0.6) is 0 Å². The van der Waals surface area contributed by atoms with Gasteiger partial charge in [0.15, 0.2) is 5.82 Å². The van der Waals surface area contributed by atoms with Gasteiger partial charge in [0, 0.05) is 34.3 Å². The summed E-state index contributed by atoms with van der Waals surface area (Å²) in [5.41, 5.74) is 3.27. The standard InChI is InChI=1S/C19H22N4O2/c1-10-8-15(10)19(25)20-14-5-3-4-13(9-14)18(24)21-17-11(2)16(22-23-17)12-6-7-12/h3-5,9-10,12,15H,6-8H2,1-2H3,(H,20,25)(H2,21,22,23,24)/t10-,15-/m1/s1. The zero-order valence-electron chi connectivity index (χ0n) is 14.4. The predicted molar refractivity (Wildman–Crippen MR) is 95.6 cm³/mol. The Bertz CT molecular complexity index is 838. The quantitative estimate of drug-likeness (QED) is 0.780. The third kappa shape index (κ3) is 3.29. The zero-order valence-corrected chi connectivity index (χ0v) is 14.4. The van der Waals surface area contributed by atoms with E-state index in [0.717, 1.165) is 17.7 Å². The molecule has 1 aromatic carbocycles. The van der Waals surface area contributed by atoms with Gasteiger partial charge in [-0.3, -0.25) is 14.7 Å². The van der Waals surface area contributed by atoms with Gasteiger partial charge in [-0.25, -0.2) is 0 Å². The Morgan fingerprint density at radius 1 is 1.24 bits per heavy atom. The van der Waals surface area contributed by atoms with Crippen LogP contribution in [-0.2, 0) is 4.79 Å². The lowest BCUT2D eigenvalue weighted by Gasteiger charge is -2.08. The Labute approximate surface area is 146 Å². The van der Waals surface area contributed by atoms with E-state index in [-0.39, 0.29) is 17.7 Å². The average Bonchev–Trinajstić information content (AvgIpc) is 3.51. The lowest BCUT2D eigenvalue weighted by molar-refractivity contribution is -0.117. The number of aromatic amines is 1. The third-order valence-electron chi connectivity index (χ3n) is 5.10. The average molecular weight is 338 g/mol. The molecule has 2 amide bonds. The molecule has 2 aromatic rings. The van der Waals surface area contributed by atoms with Crippen LogP contribution in [0.4, 0.5) is 11.5 Å². The first-order valence-corrected chi connectivity index (χ1v) is 8.80. The van der Waals surface area contributed by atoms with Crippen molar-refractivity contribution in [3.63, 3.8) is 0 Å². The van der Waals surface area contributed by atoms with Crippen molar-refractivity contribution >= 4 is 23.3 Å². The van der Waals surface area contributed by atoms with Crippen molar-refractivity contribution in [3.8, 4) is 0 Å². The second-order valence-electron chi connectivity index (χ2n) is 7.23. The van der Waals surface area contributed by atoms with E-state index in [1.807, 2.05) is 6.92 Å². The Balaban J connectivity index is 1.45. The molecule has 1 heterocycles. The number of rotatable bonds is 5. The van der Waals surface area contributed by atoms with Crippen LogP contribution in [0.3, 0.4) is 0 Å². The van der Waals surface area contributed by atoms with Crippen LogP contribution in [0, 0.1) is 18.8 Å². The molecule has 0 unspecified atom stereocenters. The minimum absolute atomic E-state index is 0.0299. The lowest BCUT2D eigenvalue weighted by atomic mass is 10.1. The van der Waals surface area contributed by atoms with E-state index in [9.17, 15) is 9.59 Å². The fourth-order valence-corrected chi connectivity index (χ4v) is 3.14. The van der Waals surface area contributed by atoms with Crippen molar-refractivity contribution in [1.82, 2.24) is 10.2 Å². The Morgan fingerprint density at radius 2 is 2.00 bits per heavy atom. The van der Waals surface area contributed by atoms with Gasteiger partial charge in [-0.15, -0.1) is 0 Å². The van der Waals surface area contributed by atoms with Crippen LogP contribution in [0.15, 0.2) is 24.3 Å². The number of benzene rings is 1. The van der Waals surface area contributed by atoms with Gasteiger partial charge in [-0.1, -0.05) is 13.0 Å². The summed E-state index contributed by atoms with van der Waals surface area (Å²) in [7, 11) is 0. The van der Waals surface area contributed by atoms with E-state index in [4.69, 9.17) is 0 Å². The summed E-state index contributed by atoms with van der Waals surface area (Å²) in [5.74, 6) is 1.49. The van der Waals surface area contributed by atoms with Gasteiger partial charge in [0.05, 0.1) is 0 Å². The molecule has 25 heavy (non-hydrogen) atoms. The van der Waals surface area contributed by atoms with E-state index < -0.39 is 0 Å². The number of carbonyl (C=O) groups excluding carboxylic acids is 2. The molecule has 4 rings (SSSR count). The van der Waals surface area contributed by atoms with E-state index in [1.54, 1.807) is 24.3 Å². The molecule has 0 saturated heterocycles. The molecule has 0 spiro atoms. The number of anilines is 2. The van der Waals surface area contributed by atoms with Crippen LogP contribution in [0.2, 0.25) is 0 Å². The summed E-state index contributed by atoms with van der Waals surface area (Å²) in [5, 5.41) is 13.0. The van der Waals surface area contributed by atoms with Crippen LogP contribution in [0.25, 0.3) is 0 Å². The molecular weight excluding hydrogens is 316 g/mol. The van der Waals surface area contributed by atoms with Gasteiger partial charge in [0.1, 0.15) is 0 Å². The molecule has 3 N–H and O–H groups in total. The molecule has 2 aliphatic carbocycles. The summed E-state index contributed by atoms with van der Waals surface area (Å²) in [6.07, 6.45) is 3.29. The first kappa shape index (κ1) is 15.9. The molecule has 2 saturated carbocycles. The number of hydrogen-bond acceptors (Lipinski definition) is 3. The maximum atomic E-state index is 12.5. The number of aromatic nitrogens is 2. The minimum atomic E-state index is -0.229. The van der Waals surface area contributed by atoms with Gasteiger partial charge < -0.3 is 10.6 Å². The lowest BCUT2D eigenvalue weighted by Crippen LogP contribution is -2.16. The highest BCUT2D eigenvalue weighted by Crippen LogP contribution is 2.41. The summed E-state index contributed by atoms with van der Waals surface area (Å²) in [4.78, 5) is 24.6. The summed E-state index contributed by atoms with van der Waals surface area (Å²) < 4.78 is 0. The van der Waals surface area contributed by atoms with Crippen molar-refractivity contribution < 1.29 is 9.59 Å². The molecule has 6 heteroatoms. The summed E-state index contributed by atoms with van der Waals surface area (Å²) >= 11 is 0. The highest BCUT2D eigenvalue weighted by atomic mass is 16.2. The topological polar surface area (TPSA) is 86.9 Å². The number of nitrogens with one attached hydrogen (secondary N) is 3. The van der Waals surface area contributed by atoms with Gasteiger partial charge in [-0.2, -0.15) is 5.10 Å². The first-order chi connectivity index (χ1) is 12.0. The van der Waals surface area contributed by atoms with E-state index in [2.05, 4.69) is 27.8 Å². The zero-order chi connectivity index (χ0) is 17.6. The van der Waals surface area contributed by atoms with Gasteiger partial charge in [0.25, 0.3) is 5.91 Å². The molecule has 1 aromatic heterocycles. The van der Waals surface area contributed by atoms with Crippen LogP contribution in [0.1, 0.15) is 53.7 Å². The molecule has 6 nitrogen and oxygen atoms in total. The SMILES string of the molecule is Cc1c(NC(=O)c2cccc(NC(=O)[C@@H]3C[C@H]3C)c2)n[nH]c1C1CC1. The maximum Gasteiger partial charge on any atom is 0.256 e. The molecule has 130 valence electrons. The molecule has 0 bridgehead atoms. The maximum absolute atomic E-state index is 12.5. The van der Waals surface area contributed by atoms with Crippen LogP contribution < -0.4 is 10.6 Å². The molecule has 0 aliphatic heterocycles. The van der Waals surface area contributed by atoms with Gasteiger partial charge in [0.2, 0.25) is 5.91 Å². The second-order valence-corrected chi connectivity index (χ2v) is 7.23. The monoisotopic (exact) mass is 338 g/mol. The molecule has 2 atom stereocenters. The number of nitrogens with zero attached hydrogens (tertiary/aromatic N) is 1. The van der Waals surface area contributed by atoms with Crippen molar-refractivity contribution in [2.75, 3.05) is 10.6 Å².